The summed E-state index contributed by atoms with van der Waals surface area (Å²) in [5.74, 6) is 0.0133. The van der Waals surface area contributed by atoms with E-state index in [0.717, 1.165) is 26.1 Å². The number of nitrogens with one attached hydrogen (secondary N) is 1. The van der Waals surface area contributed by atoms with Gasteiger partial charge in [-0.3, -0.25) is 4.79 Å². The molecule has 1 aliphatic rings. The molecule has 0 aromatic carbocycles. The van der Waals surface area contributed by atoms with Crippen LogP contribution in [-0.4, -0.2) is 32.2 Å². The van der Waals surface area contributed by atoms with E-state index in [0.29, 0.717) is 13.1 Å². The molecule has 0 aromatic heterocycles. The molecule has 1 fully saturated rings. The molecule has 3 N–H and O–H groups in total. The number of carbonyl (C=O) groups is 1. The maximum atomic E-state index is 10.8. The largest absolute Gasteiger partial charge is 0.381 e. The molecule has 0 atom stereocenters. The molecule has 0 aromatic rings. The van der Waals surface area contributed by atoms with Crippen molar-refractivity contribution in [2.24, 2.45) is 11.1 Å². The molecular formula is C9H19ClN2O2. The van der Waals surface area contributed by atoms with Gasteiger partial charge >= 0.3 is 0 Å². The van der Waals surface area contributed by atoms with Crippen molar-refractivity contribution < 1.29 is 9.53 Å². The Morgan fingerprint density at radius 1 is 1.50 bits per heavy atom. The fraction of sp³-hybridized carbons (Fsp3) is 0.889. The predicted molar refractivity (Wildman–Crippen MR) is 57.5 cm³/mol. The molecule has 0 saturated carbocycles. The van der Waals surface area contributed by atoms with Crippen LogP contribution in [0.25, 0.3) is 0 Å². The summed E-state index contributed by atoms with van der Waals surface area (Å²) in [7, 11) is 0. The Hall–Kier alpha value is -0.320. The lowest BCUT2D eigenvalue weighted by Crippen LogP contribution is -2.45. The molecule has 0 unspecified atom stereocenters. The van der Waals surface area contributed by atoms with Crippen LogP contribution < -0.4 is 11.1 Å². The van der Waals surface area contributed by atoms with E-state index < -0.39 is 0 Å². The predicted octanol–water partition coefficient (Wildman–Crippen LogP) is 0.300. The number of amides is 1. The van der Waals surface area contributed by atoms with Crippen molar-refractivity contribution in [1.29, 1.82) is 0 Å². The summed E-state index contributed by atoms with van der Waals surface area (Å²) in [5.41, 5.74) is 5.79. The number of carbonyl (C=O) groups excluding carboxylic acids is 1. The summed E-state index contributed by atoms with van der Waals surface area (Å²) in [6.45, 7) is 4.36. The van der Waals surface area contributed by atoms with Gasteiger partial charge in [-0.05, 0) is 19.4 Å². The van der Waals surface area contributed by atoms with Crippen molar-refractivity contribution in [3.05, 3.63) is 0 Å². The molecular weight excluding hydrogens is 204 g/mol. The lowest BCUT2D eigenvalue weighted by molar-refractivity contribution is -0.119. The molecule has 84 valence electrons. The SMILES string of the molecule is CC(=O)NCC1(CN)CCOCC1.Cl. The van der Waals surface area contributed by atoms with Crippen LogP contribution in [0, 0.1) is 5.41 Å². The van der Waals surface area contributed by atoms with E-state index in [1.807, 2.05) is 0 Å². The maximum absolute atomic E-state index is 10.8. The minimum absolute atomic E-state index is 0. The Morgan fingerprint density at radius 2 is 2.07 bits per heavy atom. The van der Waals surface area contributed by atoms with Crippen molar-refractivity contribution in [1.82, 2.24) is 5.32 Å². The van der Waals surface area contributed by atoms with E-state index >= 15 is 0 Å². The zero-order valence-corrected chi connectivity index (χ0v) is 9.36. The van der Waals surface area contributed by atoms with Crippen molar-refractivity contribution in [2.45, 2.75) is 19.8 Å². The summed E-state index contributed by atoms with van der Waals surface area (Å²) < 4.78 is 5.27. The molecule has 0 aliphatic carbocycles. The van der Waals surface area contributed by atoms with Gasteiger partial charge in [0.15, 0.2) is 0 Å². The van der Waals surface area contributed by atoms with E-state index in [4.69, 9.17) is 10.5 Å². The number of hydrogen-bond acceptors (Lipinski definition) is 3. The van der Waals surface area contributed by atoms with E-state index in [9.17, 15) is 4.79 Å². The lowest BCUT2D eigenvalue weighted by Gasteiger charge is -2.36. The van der Waals surface area contributed by atoms with Crippen LogP contribution in [0.1, 0.15) is 19.8 Å². The Labute approximate surface area is 91.0 Å². The Morgan fingerprint density at radius 3 is 2.50 bits per heavy atom. The first-order chi connectivity index (χ1) is 6.18. The number of ether oxygens (including phenoxy) is 1. The van der Waals surface area contributed by atoms with E-state index in [2.05, 4.69) is 5.32 Å². The molecule has 1 saturated heterocycles. The highest BCUT2D eigenvalue weighted by Gasteiger charge is 2.31. The Bertz CT molecular complexity index is 182. The molecule has 1 rings (SSSR count). The Kier molecular flexibility index (Phi) is 6.08. The smallest absolute Gasteiger partial charge is 0.216 e. The van der Waals surface area contributed by atoms with Crippen LogP contribution >= 0.6 is 12.4 Å². The summed E-state index contributed by atoms with van der Waals surface area (Å²) in [6.07, 6.45) is 1.90. The average molecular weight is 223 g/mol. The molecule has 0 spiro atoms. The van der Waals surface area contributed by atoms with Crippen molar-refractivity contribution in [2.75, 3.05) is 26.3 Å². The third-order valence-electron chi connectivity index (χ3n) is 2.70. The highest BCUT2D eigenvalue weighted by Crippen LogP contribution is 2.28. The standard InChI is InChI=1S/C9H18N2O2.ClH/c1-8(12)11-7-9(6-10)2-4-13-5-3-9;/h2-7,10H2,1H3,(H,11,12);1H. The number of nitrogens with two attached hydrogens (primary N) is 1. The van der Waals surface area contributed by atoms with E-state index in [-0.39, 0.29) is 23.7 Å². The molecule has 4 nitrogen and oxygen atoms in total. The van der Waals surface area contributed by atoms with Crippen molar-refractivity contribution in [3.8, 4) is 0 Å². The van der Waals surface area contributed by atoms with Gasteiger partial charge in [-0.25, -0.2) is 0 Å². The summed E-state index contributed by atoms with van der Waals surface area (Å²) >= 11 is 0. The second kappa shape index (κ2) is 6.22. The first kappa shape index (κ1) is 13.7. The van der Waals surface area contributed by atoms with Gasteiger partial charge in [0.2, 0.25) is 5.91 Å². The summed E-state index contributed by atoms with van der Waals surface area (Å²) in [4.78, 5) is 10.8. The van der Waals surface area contributed by atoms with Gasteiger partial charge in [-0.15, -0.1) is 12.4 Å². The maximum Gasteiger partial charge on any atom is 0.216 e. The van der Waals surface area contributed by atoms with Gasteiger partial charge < -0.3 is 15.8 Å². The monoisotopic (exact) mass is 222 g/mol. The minimum Gasteiger partial charge on any atom is -0.381 e. The number of hydrogen-bond donors (Lipinski definition) is 2. The zero-order chi connectivity index (χ0) is 9.73. The van der Waals surface area contributed by atoms with Crippen molar-refractivity contribution in [3.63, 3.8) is 0 Å². The first-order valence-electron chi connectivity index (χ1n) is 4.71. The van der Waals surface area contributed by atoms with Gasteiger partial charge in [0, 0.05) is 32.1 Å². The second-order valence-electron chi connectivity index (χ2n) is 3.73. The fourth-order valence-electron chi connectivity index (χ4n) is 1.57. The summed E-state index contributed by atoms with van der Waals surface area (Å²) in [5, 5.41) is 2.83. The third kappa shape index (κ3) is 3.82. The Balaban J connectivity index is 0.00000169. The highest BCUT2D eigenvalue weighted by atomic mass is 35.5. The molecule has 14 heavy (non-hydrogen) atoms. The molecule has 5 heteroatoms. The van der Waals surface area contributed by atoms with Crippen LogP contribution in [0.4, 0.5) is 0 Å². The molecule has 1 amide bonds. The quantitative estimate of drug-likeness (QED) is 0.722. The van der Waals surface area contributed by atoms with Crippen LogP contribution in [0.2, 0.25) is 0 Å². The van der Waals surface area contributed by atoms with E-state index in [1.54, 1.807) is 0 Å². The molecule has 1 heterocycles. The zero-order valence-electron chi connectivity index (χ0n) is 8.54. The highest BCUT2D eigenvalue weighted by molar-refractivity contribution is 5.85. The van der Waals surface area contributed by atoms with Crippen LogP contribution in [0.3, 0.4) is 0 Å². The molecule has 0 bridgehead atoms. The first-order valence-corrected chi connectivity index (χ1v) is 4.71. The third-order valence-corrected chi connectivity index (χ3v) is 2.70. The minimum atomic E-state index is 0. The van der Waals surface area contributed by atoms with Gasteiger partial charge in [0.05, 0.1) is 0 Å². The molecule has 0 radical (unpaired) electrons. The van der Waals surface area contributed by atoms with Gasteiger partial charge in [-0.1, -0.05) is 0 Å². The lowest BCUT2D eigenvalue weighted by atomic mass is 9.80. The van der Waals surface area contributed by atoms with Gasteiger partial charge in [0.1, 0.15) is 0 Å². The summed E-state index contributed by atoms with van der Waals surface area (Å²) in [6, 6.07) is 0. The topological polar surface area (TPSA) is 64.4 Å². The van der Waals surface area contributed by atoms with Crippen molar-refractivity contribution >= 4 is 18.3 Å². The molecule has 1 aliphatic heterocycles. The van der Waals surface area contributed by atoms with Gasteiger partial charge in [0.25, 0.3) is 0 Å². The number of halogens is 1. The van der Waals surface area contributed by atoms with Crippen LogP contribution in [-0.2, 0) is 9.53 Å². The number of rotatable bonds is 3. The second-order valence-corrected chi connectivity index (χ2v) is 3.73. The van der Waals surface area contributed by atoms with Crippen LogP contribution in [0.15, 0.2) is 0 Å². The fourth-order valence-corrected chi connectivity index (χ4v) is 1.57. The van der Waals surface area contributed by atoms with Gasteiger partial charge in [-0.2, -0.15) is 0 Å². The normalized spacial score (nSPS) is 19.6. The average Bonchev–Trinajstić information content (AvgIpc) is 2.16. The van der Waals surface area contributed by atoms with E-state index in [1.165, 1.54) is 6.92 Å². The van der Waals surface area contributed by atoms with Crippen LogP contribution in [0.5, 0.6) is 0 Å².